The Morgan fingerprint density at radius 2 is 2.25 bits per heavy atom. The summed E-state index contributed by atoms with van der Waals surface area (Å²) in [6.07, 6.45) is 5.50. The second-order valence-corrected chi connectivity index (χ2v) is 2.97. The average Bonchev–Trinajstić information content (AvgIpc) is 2.05. The van der Waals surface area contributed by atoms with Crippen molar-refractivity contribution in [2.24, 2.45) is 10.9 Å². The zero-order valence-corrected chi connectivity index (χ0v) is 8.17. The van der Waals surface area contributed by atoms with E-state index in [1.165, 1.54) is 0 Å². The smallest absolute Gasteiger partial charge is 0.124 e. The maximum Gasteiger partial charge on any atom is 0.124 e. The van der Waals surface area contributed by atoms with Crippen molar-refractivity contribution < 1.29 is 0 Å². The number of hydrogen-bond acceptors (Lipinski definition) is 1. The summed E-state index contributed by atoms with van der Waals surface area (Å²) >= 11 is 0. The van der Waals surface area contributed by atoms with Crippen molar-refractivity contribution in [3.63, 3.8) is 0 Å². The fraction of sp³-hybridized carbons (Fsp3) is 0.500. The van der Waals surface area contributed by atoms with Crippen molar-refractivity contribution >= 4 is 5.84 Å². The molecule has 0 radical (unpaired) electrons. The minimum absolute atomic E-state index is 0.590. The molecule has 0 aliphatic carbocycles. The maximum absolute atomic E-state index is 4.32. The van der Waals surface area contributed by atoms with E-state index in [1.807, 2.05) is 19.2 Å². The molecule has 12 heavy (non-hydrogen) atoms. The van der Waals surface area contributed by atoms with E-state index in [9.17, 15) is 0 Å². The zero-order chi connectivity index (χ0) is 9.40. The standard InChI is InChI=1S/C10H18N2/c1-5-7-11-10(6-2)12-8-9(3)4/h5-7,9H,2,8H2,1,3-4H3,(H,11,12)/b7-5-. The Morgan fingerprint density at radius 3 is 2.67 bits per heavy atom. The highest BCUT2D eigenvalue weighted by atomic mass is 15.0. The van der Waals surface area contributed by atoms with E-state index in [-0.39, 0.29) is 0 Å². The fourth-order valence-electron chi connectivity index (χ4n) is 0.619. The molecule has 0 spiro atoms. The van der Waals surface area contributed by atoms with Crippen LogP contribution in [0.25, 0.3) is 0 Å². The van der Waals surface area contributed by atoms with Crippen LogP contribution in [-0.2, 0) is 0 Å². The lowest BCUT2D eigenvalue weighted by molar-refractivity contribution is 0.664. The summed E-state index contributed by atoms with van der Waals surface area (Å²) in [5, 5.41) is 3.03. The first kappa shape index (κ1) is 11.0. The van der Waals surface area contributed by atoms with Gasteiger partial charge in [0.1, 0.15) is 5.84 Å². The van der Waals surface area contributed by atoms with E-state index in [0.29, 0.717) is 5.92 Å². The number of nitrogens with zero attached hydrogens (tertiary/aromatic N) is 1. The molecule has 0 aromatic carbocycles. The number of allylic oxidation sites excluding steroid dienone is 1. The SMILES string of the molecule is C=CC(=NCC(C)C)N/C=C\C. The third-order valence-corrected chi connectivity index (χ3v) is 1.22. The van der Waals surface area contributed by atoms with Crippen molar-refractivity contribution in [2.45, 2.75) is 20.8 Å². The van der Waals surface area contributed by atoms with Crippen molar-refractivity contribution in [1.82, 2.24) is 5.32 Å². The molecule has 0 fully saturated rings. The predicted octanol–water partition coefficient (Wildman–Crippen LogP) is 2.35. The van der Waals surface area contributed by atoms with Gasteiger partial charge in [-0.2, -0.15) is 0 Å². The first-order valence-corrected chi connectivity index (χ1v) is 4.25. The molecule has 0 amide bonds. The van der Waals surface area contributed by atoms with Crippen LogP contribution in [0.1, 0.15) is 20.8 Å². The molecule has 0 saturated carbocycles. The largest absolute Gasteiger partial charge is 0.347 e. The van der Waals surface area contributed by atoms with E-state index in [1.54, 1.807) is 6.08 Å². The minimum Gasteiger partial charge on any atom is -0.347 e. The van der Waals surface area contributed by atoms with Gasteiger partial charge in [0.2, 0.25) is 0 Å². The van der Waals surface area contributed by atoms with Crippen LogP contribution in [0.2, 0.25) is 0 Å². The minimum atomic E-state index is 0.590. The number of rotatable bonds is 4. The third kappa shape index (κ3) is 5.71. The lowest BCUT2D eigenvalue weighted by Crippen LogP contribution is -2.15. The second kappa shape index (κ2) is 6.65. The van der Waals surface area contributed by atoms with Crippen LogP contribution in [0, 0.1) is 5.92 Å². The molecule has 2 nitrogen and oxygen atoms in total. The van der Waals surface area contributed by atoms with E-state index in [4.69, 9.17) is 0 Å². The van der Waals surface area contributed by atoms with Gasteiger partial charge in [-0.1, -0.05) is 26.5 Å². The van der Waals surface area contributed by atoms with Crippen molar-refractivity contribution in [2.75, 3.05) is 6.54 Å². The van der Waals surface area contributed by atoms with Gasteiger partial charge in [0.25, 0.3) is 0 Å². The number of aliphatic imine (C=N–C) groups is 1. The summed E-state index contributed by atoms with van der Waals surface area (Å²) in [6.45, 7) is 10.7. The fourth-order valence-corrected chi connectivity index (χ4v) is 0.619. The molecule has 1 N–H and O–H groups in total. The molecular weight excluding hydrogens is 148 g/mol. The van der Waals surface area contributed by atoms with Gasteiger partial charge in [-0.25, -0.2) is 0 Å². The van der Waals surface area contributed by atoms with Crippen molar-refractivity contribution in [1.29, 1.82) is 0 Å². The number of nitrogens with one attached hydrogen (secondary N) is 1. The second-order valence-electron chi connectivity index (χ2n) is 2.97. The van der Waals surface area contributed by atoms with Gasteiger partial charge in [0, 0.05) is 6.54 Å². The molecule has 0 rings (SSSR count). The highest BCUT2D eigenvalue weighted by Gasteiger charge is 1.91. The van der Waals surface area contributed by atoms with Crippen LogP contribution in [0.4, 0.5) is 0 Å². The van der Waals surface area contributed by atoms with Gasteiger partial charge in [0.05, 0.1) is 0 Å². The van der Waals surface area contributed by atoms with Crippen molar-refractivity contribution in [3.05, 3.63) is 24.9 Å². The highest BCUT2D eigenvalue weighted by molar-refractivity contribution is 5.93. The monoisotopic (exact) mass is 166 g/mol. The molecule has 0 heterocycles. The van der Waals surface area contributed by atoms with Gasteiger partial charge < -0.3 is 5.32 Å². The molecular formula is C10H18N2. The van der Waals surface area contributed by atoms with Crippen LogP contribution in [0.5, 0.6) is 0 Å². The van der Waals surface area contributed by atoms with Crippen LogP contribution >= 0.6 is 0 Å². The Morgan fingerprint density at radius 1 is 1.58 bits per heavy atom. The first-order valence-electron chi connectivity index (χ1n) is 4.25. The Labute approximate surface area is 75.1 Å². The van der Waals surface area contributed by atoms with Crippen LogP contribution in [-0.4, -0.2) is 12.4 Å². The van der Waals surface area contributed by atoms with Crippen LogP contribution in [0.3, 0.4) is 0 Å². The normalized spacial score (nSPS) is 12.5. The van der Waals surface area contributed by atoms with Gasteiger partial charge in [-0.3, -0.25) is 4.99 Å². The Bertz CT molecular complexity index is 178. The molecule has 0 bridgehead atoms. The summed E-state index contributed by atoms with van der Waals surface area (Å²) in [5.74, 6) is 1.43. The lowest BCUT2D eigenvalue weighted by atomic mass is 10.2. The lowest BCUT2D eigenvalue weighted by Gasteiger charge is -2.02. The number of amidine groups is 1. The molecule has 0 unspecified atom stereocenters. The topological polar surface area (TPSA) is 24.4 Å². The van der Waals surface area contributed by atoms with E-state index in [0.717, 1.165) is 12.4 Å². The molecule has 0 atom stereocenters. The molecule has 0 aliphatic heterocycles. The molecule has 0 aromatic heterocycles. The van der Waals surface area contributed by atoms with Gasteiger partial charge in [0.15, 0.2) is 0 Å². The van der Waals surface area contributed by atoms with Crippen LogP contribution in [0.15, 0.2) is 29.9 Å². The van der Waals surface area contributed by atoms with Crippen LogP contribution < -0.4 is 5.32 Å². The van der Waals surface area contributed by atoms with Gasteiger partial charge in [-0.05, 0) is 25.1 Å². The third-order valence-electron chi connectivity index (χ3n) is 1.22. The molecule has 68 valence electrons. The van der Waals surface area contributed by atoms with E-state index >= 15 is 0 Å². The summed E-state index contributed by atoms with van der Waals surface area (Å²) < 4.78 is 0. The molecule has 0 aliphatic rings. The maximum atomic E-state index is 4.32. The molecule has 0 saturated heterocycles. The highest BCUT2D eigenvalue weighted by Crippen LogP contribution is 1.91. The predicted molar refractivity (Wildman–Crippen MR) is 55.3 cm³/mol. The van der Waals surface area contributed by atoms with E-state index in [2.05, 4.69) is 30.7 Å². The summed E-state index contributed by atoms with van der Waals surface area (Å²) in [6, 6.07) is 0. The average molecular weight is 166 g/mol. The first-order chi connectivity index (χ1) is 5.70. The summed E-state index contributed by atoms with van der Waals surface area (Å²) in [5.41, 5.74) is 0. The number of hydrogen-bond donors (Lipinski definition) is 1. The Kier molecular flexibility index (Phi) is 6.07. The Balaban J connectivity index is 3.95. The summed E-state index contributed by atoms with van der Waals surface area (Å²) in [4.78, 5) is 4.32. The zero-order valence-electron chi connectivity index (χ0n) is 8.17. The van der Waals surface area contributed by atoms with E-state index < -0.39 is 0 Å². The molecule has 0 aromatic rings. The molecule has 2 heteroatoms. The quantitative estimate of drug-likeness (QED) is 0.503. The van der Waals surface area contributed by atoms with Crippen molar-refractivity contribution in [3.8, 4) is 0 Å². The van der Waals surface area contributed by atoms with Gasteiger partial charge in [-0.15, -0.1) is 0 Å². The van der Waals surface area contributed by atoms with Gasteiger partial charge >= 0.3 is 0 Å². The Hall–Kier alpha value is -1.05. The summed E-state index contributed by atoms with van der Waals surface area (Å²) in [7, 11) is 0.